The summed E-state index contributed by atoms with van der Waals surface area (Å²) in [4.78, 5) is 15.7. The molecule has 0 radical (unpaired) electrons. The summed E-state index contributed by atoms with van der Waals surface area (Å²) in [5.41, 5.74) is 4.39. The van der Waals surface area contributed by atoms with E-state index in [-0.39, 0.29) is 5.78 Å². The second kappa shape index (κ2) is 4.31. The minimum Gasteiger partial charge on any atom is -0.295 e. The smallest absolute Gasteiger partial charge is 0.181 e. The van der Waals surface area contributed by atoms with Crippen molar-refractivity contribution in [1.82, 2.24) is 15.2 Å². The number of aryl methyl sites for hydroxylation is 1. The lowest BCUT2D eigenvalue weighted by Gasteiger charge is -2.03. The average molecular weight is 251 g/mol. The van der Waals surface area contributed by atoms with Crippen molar-refractivity contribution in [2.75, 3.05) is 0 Å². The normalized spacial score (nSPS) is 10.8. The molecule has 0 aliphatic rings. The number of carbonyl (C=O) groups excluding carboxylic acids is 1. The first kappa shape index (κ1) is 11.6. The van der Waals surface area contributed by atoms with E-state index in [1.54, 1.807) is 13.1 Å². The molecular formula is C15H13N3O. The molecule has 1 aromatic carbocycles. The summed E-state index contributed by atoms with van der Waals surface area (Å²) in [6, 6.07) is 9.62. The number of hydrogen-bond acceptors (Lipinski definition) is 3. The van der Waals surface area contributed by atoms with Gasteiger partial charge in [0, 0.05) is 28.4 Å². The molecule has 0 saturated carbocycles. The van der Waals surface area contributed by atoms with Gasteiger partial charge in [0.2, 0.25) is 0 Å². The van der Waals surface area contributed by atoms with Gasteiger partial charge in [-0.2, -0.15) is 5.10 Å². The summed E-state index contributed by atoms with van der Waals surface area (Å²) in [6.07, 6.45) is 1.78. The van der Waals surface area contributed by atoms with Crippen LogP contribution >= 0.6 is 0 Å². The van der Waals surface area contributed by atoms with E-state index in [1.807, 2.05) is 37.3 Å². The maximum absolute atomic E-state index is 11.4. The minimum atomic E-state index is 0.0652. The maximum atomic E-state index is 11.4. The Balaban J connectivity index is 2.15. The molecule has 2 aromatic heterocycles. The molecule has 94 valence electrons. The van der Waals surface area contributed by atoms with Crippen LogP contribution in [0.1, 0.15) is 23.0 Å². The molecule has 0 aliphatic carbocycles. The van der Waals surface area contributed by atoms with Crippen molar-refractivity contribution in [1.29, 1.82) is 0 Å². The number of fused-ring (bicyclic) bond motifs is 1. The van der Waals surface area contributed by atoms with Crippen molar-refractivity contribution in [3.05, 3.63) is 47.8 Å². The molecule has 0 fully saturated rings. The molecule has 0 aliphatic heterocycles. The van der Waals surface area contributed by atoms with E-state index in [4.69, 9.17) is 0 Å². The predicted octanol–water partition coefficient (Wildman–Crippen LogP) is 3.14. The number of carbonyl (C=O) groups is 1. The van der Waals surface area contributed by atoms with Gasteiger partial charge in [0.25, 0.3) is 0 Å². The van der Waals surface area contributed by atoms with Crippen molar-refractivity contribution in [2.24, 2.45) is 0 Å². The molecular weight excluding hydrogens is 238 g/mol. The summed E-state index contributed by atoms with van der Waals surface area (Å²) >= 11 is 0. The zero-order valence-electron chi connectivity index (χ0n) is 10.8. The van der Waals surface area contributed by atoms with Gasteiger partial charge in [-0.05, 0) is 31.5 Å². The van der Waals surface area contributed by atoms with Crippen LogP contribution in [0.5, 0.6) is 0 Å². The number of rotatable bonds is 2. The number of hydrogen-bond donors (Lipinski definition) is 1. The first-order valence-corrected chi connectivity index (χ1v) is 6.07. The lowest BCUT2D eigenvalue weighted by Crippen LogP contribution is -1.92. The van der Waals surface area contributed by atoms with Gasteiger partial charge in [-0.1, -0.05) is 18.2 Å². The van der Waals surface area contributed by atoms with Gasteiger partial charge in [-0.3, -0.25) is 9.89 Å². The molecule has 0 bridgehead atoms. The van der Waals surface area contributed by atoms with Crippen LogP contribution < -0.4 is 0 Å². The van der Waals surface area contributed by atoms with E-state index in [2.05, 4.69) is 15.2 Å². The van der Waals surface area contributed by atoms with E-state index in [0.717, 1.165) is 22.2 Å². The van der Waals surface area contributed by atoms with Crippen molar-refractivity contribution in [2.45, 2.75) is 13.8 Å². The highest BCUT2D eigenvalue weighted by atomic mass is 16.1. The number of benzene rings is 1. The van der Waals surface area contributed by atoms with E-state index >= 15 is 0 Å². The maximum Gasteiger partial charge on any atom is 0.181 e. The van der Waals surface area contributed by atoms with Gasteiger partial charge >= 0.3 is 0 Å². The molecule has 3 rings (SSSR count). The first-order valence-electron chi connectivity index (χ1n) is 6.07. The fourth-order valence-corrected chi connectivity index (χ4v) is 2.10. The van der Waals surface area contributed by atoms with Crippen LogP contribution in [0.3, 0.4) is 0 Å². The van der Waals surface area contributed by atoms with Crippen LogP contribution in [-0.4, -0.2) is 21.0 Å². The molecule has 2 heterocycles. The van der Waals surface area contributed by atoms with Crippen molar-refractivity contribution in [3.8, 4) is 11.1 Å². The molecule has 0 unspecified atom stereocenters. The number of aromatic amines is 1. The highest BCUT2D eigenvalue weighted by Crippen LogP contribution is 2.24. The number of Topliss-reactive ketones (excluding diaryl/α,β-unsaturated/α-hetero) is 1. The van der Waals surface area contributed by atoms with Gasteiger partial charge in [-0.15, -0.1) is 0 Å². The minimum absolute atomic E-state index is 0.0652. The van der Waals surface area contributed by atoms with Crippen LogP contribution in [0.2, 0.25) is 0 Å². The Morgan fingerprint density at radius 1 is 1.21 bits per heavy atom. The van der Waals surface area contributed by atoms with Crippen LogP contribution in [0.15, 0.2) is 36.5 Å². The third-order valence-corrected chi connectivity index (χ3v) is 3.20. The largest absolute Gasteiger partial charge is 0.295 e. The SMILES string of the molecule is CC(=O)c1cccc(-c2cnc3n[nH]c(C)c3c2)c1. The predicted molar refractivity (Wildman–Crippen MR) is 74.1 cm³/mol. The summed E-state index contributed by atoms with van der Waals surface area (Å²) in [5, 5.41) is 8.03. The highest BCUT2D eigenvalue weighted by molar-refractivity contribution is 5.95. The average Bonchev–Trinajstić information content (AvgIpc) is 2.80. The Morgan fingerprint density at radius 2 is 2.05 bits per heavy atom. The third kappa shape index (κ3) is 2.01. The monoisotopic (exact) mass is 251 g/mol. The Hall–Kier alpha value is -2.49. The molecule has 0 atom stereocenters. The van der Waals surface area contributed by atoms with E-state index in [9.17, 15) is 4.79 Å². The standard InChI is InChI=1S/C15H13N3O/c1-9-14-7-13(8-16-15(14)18-17-9)12-5-3-4-11(6-12)10(2)19/h3-8H,1-2H3,(H,16,17,18). The Kier molecular flexibility index (Phi) is 2.63. The lowest BCUT2D eigenvalue weighted by molar-refractivity contribution is 0.101. The topological polar surface area (TPSA) is 58.6 Å². The second-order valence-corrected chi connectivity index (χ2v) is 4.58. The fraction of sp³-hybridized carbons (Fsp3) is 0.133. The van der Waals surface area contributed by atoms with Crippen molar-refractivity contribution >= 4 is 16.8 Å². The van der Waals surface area contributed by atoms with E-state index < -0.39 is 0 Å². The number of aromatic nitrogens is 3. The van der Waals surface area contributed by atoms with E-state index in [0.29, 0.717) is 11.2 Å². The number of ketones is 1. The van der Waals surface area contributed by atoms with Gasteiger partial charge in [-0.25, -0.2) is 4.98 Å². The molecule has 1 N–H and O–H groups in total. The van der Waals surface area contributed by atoms with Gasteiger partial charge < -0.3 is 0 Å². The van der Waals surface area contributed by atoms with Gasteiger partial charge in [0.15, 0.2) is 11.4 Å². The van der Waals surface area contributed by atoms with E-state index in [1.165, 1.54) is 0 Å². The van der Waals surface area contributed by atoms with Crippen LogP contribution in [-0.2, 0) is 0 Å². The fourth-order valence-electron chi connectivity index (χ4n) is 2.10. The summed E-state index contributed by atoms with van der Waals surface area (Å²) < 4.78 is 0. The Morgan fingerprint density at radius 3 is 2.84 bits per heavy atom. The first-order chi connectivity index (χ1) is 9.15. The number of nitrogens with one attached hydrogen (secondary N) is 1. The zero-order chi connectivity index (χ0) is 13.4. The number of nitrogens with zero attached hydrogens (tertiary/aromatic N) is 2. The summed E-state index contributed by atoms with van der Waals surface area (Å²) in [7, 11) is 0. The van der Waals surface area contributed by atoms with Crippen LogP contribution in [0.25, 0.3) is 22.2 Å². The highest BCUT2D eigenvalue weighted by Gasteiger charge is 2.07. The third-order valence-electron chi connectivity index (χ3n) is 3.20. The molecule has 4 nitrogen and oxygen atoms in total. The van der Waals surface area contributed by atoms with Gasteiger partial charge in [0.05, 0.1) is 0 Å². The van der Waals surface area contributed by atoms with Gasteiger partial charge in [0.1, 0.15) is 0 Å². The Bertz CT molecular complexity index is 774. The van der Waals surface area contributed by atoms with Crippen molar-refractivity contribution in [3.63, 3.8) is 0 Å². The molecule has 3 aromatic rings. The summed E-state index contributed by atoms with van der Waals surface area (Å²) in [6.45, 7) is 3.54. The quantitative estimate of drug-likeness (QED) is 0.712. The molecule has 19 heavy (non-hydrogen) atoms. The van der Waals surface area contributed by atoms with Crippen LogP contribution in [0, 0.1) is 6.92 Å². The second-order valence-electron chi connectivity index (χ2n) is 4.58. The molecule has 4 heteroatoms. The van der Waals surface area contributed by atoms with Crippen molar-refractivity contribution < 1.29 is 4.79 Å². The van der Waals surface area contributed by atoms with Crippen LogP contribution in [0.4, 0.5) is 0 Å². The molecule has 0 amide bonds. The lowest BCUT2D eigenvalue weighted by atomic mass is 10.0. The number of H-pyrrole nitrogens is 1. The Labute approximate surface area is 110 Å². The molecule has 0 saturated heterocycles. The summed E-state index contributed by atoms with van der Waals surface area (Å²) in [5.74, 6) is 0.0652. The number of pyridine rings is 1. The molecule has 0 spiro atoms. The zero-order valence-corrected chi connectivity index (χ0v) is 10.8.